The van der Waals surface area contributed by atoms with Crippen LogP contribution in [0.3, 0.4) is 0 Å². The summed E-state index contributed by atoms with van der Waals surface area (Å²) < 4.78 is 6.78. The lowest BCUT2D eigenvalue weighted by atomic mass is 10.3. The molecule has 0 N–H and O–H groups in total. The maximum absolute atomic E-state index is 5.87. The SMILES string of the molecule is Clc1cccc(Oc2ccccc2I)c1. The predicted molar refractivity (Wildman–Crippen MR) is 70.7 cm³/mol. The van der Waals surface area contributed by atoms with Crippen molar-refractivity contribution in [2.24, 2.45) is 0 Å². The molecule has 0 heterocycles. The highest BCUT2D eigenvalue weighted by Gasteiger charge is 2.01. The van der Waals surface area contributed by atoms with Crippen LogP contribution >= 0.6 is 34.2 Å². The van der Waals surface area contributed by atoms with Gasteiger partial charge in [0.1, 0.15) is 11.5 Å². The molecule has 15 heavy (non-hydrogen) atoms. The van der Waals surface area contributed by atoms with E-state index in [0.717, 1.165) is 15.1 Å². The largest absolute Gasteiger partial charge is 0.456 e. The normalized spacial score (nSPS) is 10.0. The zero-order chi connectivity index (χ0) is 10.7. The zero-order valence-corrected chi connectivity index (χ0v) is 10.7. The van der Waals surface area contributed by atoms with Crippen molar-refractivity contribution in [3.63, 3.8) is 0 Å². The van der Waals surface area contributed by atoms with E-state index < -0.39 is 0 Å². The molecule has 2 rings (SSSR count). The van der Waals surface area contributed by atoms with E-state index >= 15 is 0 Å². The fraction of sp³-hybridized carbons (Fsp3) is 0. The van der Waals surface area contributed by atoms with E-state index in [1.54, 1.807) is 6.07 Å². The van der Waals surface area contributed by atoms with Gasteiger partial charge in [0, 0.05) is 5.02 Å². The predicted octanol–water partition coefficient (Wildman–Crippen LogP) is 4.74. The quantitative estimate of drug-likeness (QED) is 0.723. The van der Waals surface area contributed by atoms with Crippen LogP contribution in [0.25, 0.3) is 0 Å². The van der Waals surface area contributed by atoms with Crippen molar-refractivity contribution in [3.05, 3.63) is 57.1 Å². The van der Waals surface area contributed by atoms with E-state index in [1.165, 1.54) is 0 Å². The van der Waals surface area contributed by atoms with Crippen LogP contribution in [0.2, 0.25) is 5.02 Å². The van der Waals surface area contributed by atoms with Gasteiger partial charge in [-0.1, -0.05) is 29.8 Å². The molecule has 2 aromatic carbocycles. The number of halogens is 2. The summed E-state index contributed by atoms with van der Waals surface area (Å²) in [5.41, 5.74) is 0. The van der Waals surface area contributed by atoms with Gasteiger partial charge in [-0.05, 0) is 52.9 Å². The van der Waals surface area contributed by atoms with Crippen LogP contribution in [-0.2, 0) is 0 Å². The Hall–Kier alpha value is -0.740. The van der Waals surface area contributed by atoms with Crippen LogP contribution < -0.4 is 4.74 Å². The maximum atomic E-state index is 5.87. The number of benzene rings is 2. The molecule has 76 valence electrons. The van der Waals surface area contributed by atoms with Gasteiger partial charge in [0.25, 0.3) is 0 Å². The van der Waals surface area contributed by atoms with Crippen LogP contribution in [-0.4, -0.2) is 0 Å². The van der Waals surface area contributed by atoms with Crippen LogP contribution in [0, 0.1) is 3.57 Å². The summed E-state index contributed by atoms with van der Waals surface area (Å²) in [6.07, 6.45) is 0. The smallest absolute Gasteiger partial charge is 0.140 e. The van der Waals surface area contributed by atoms with Gasteiger partial charge in [0.05, 0.1) is 3.57 Å². The van der Waals surface area contributed by atoms with Gasteiger partial charge >= 0.3 is 0 Å². The summed E-state index contributed by atoms with van der Waals surface area (Å²) in [5.74, 6) is 1.60. The van der Waals surface area contributed by atoms with E-state index in [-0.39, 0.29) is 0 Å². The van der Waals surface area contributed by atoms with Gasteiger partial charge in [0.15, 0.2) is 0 Å². The van der Waals surface area contributed by atoms with Crippen LogP contribution in [0.1, 0.15) is 0 Å². The second kappa shape index (κ2) is 4.86. The lowest BCUT2D eigenvalue weighted by Gasteiger charge is -2.07. The summed E-state index contributed by atoms with van der Waals surface area (Å²) in [7, 11) is 0. The molecule has 0 fully saturated rings. The highest BCUT2D eigenvalue weighted by atomic mass is 127. The fourth-order valence-electron chi connectivity index (χ4n) is 1.18. The Morgan fingerprint density at radius 2 is 1.80 bits per heavy atom. The van der Waals surface area contributed by atoms with Crippen molar-refractivity contribution >= 4 is 34.2 Å². The van der Waals surface area contributed by atoms with E-state index in [2.05, 4.69) is 22.6 Å². The van der Waals surface area contributed by atoms with Gasteiger partial charge in [-0.2, -0.15) is 0 Å². The molecule has 0 aliphatic rings. The van der Waals surface area contributed by atoms with Crippen molar-refractivity contribution < 1.29 is 4.74 Å². The molecule has 0 aromatic heterocycles. The highest BCUT2D eigenvalue weighted by Crippen LogP contribution is 2.27. The van der Waals surface area contributed by atoms with Crippen LogP contribution in [0.15, 0.2) is 48.5 Å². The Kier molecular flexibility index (Phi) is 3.49. The Bertz CT molecular complexity index is 471. The third kappa shape index (κ3) is 2.86. The summed E-state index contributed by atoms with van der Waals surface area (Å²) in [6, 6.07) is 15.2. The molecule has 0 saturated carbocycles. The van der Waals surface area contributed by atoms with Crippen molar-refractivity contribution in [2.75, 3.05) is 0 Å². The molecule has 0 radical (unpaired) electrons. The molecule has 1 nitrogen and oxygen atoms in total. The van der Waals surface area contributed by atoms with Crippen molar-refractivity contribution in [3.8, 4) is 11.5 Å². The minimum absolute atomic E-state index is 0.679. The Morgan fingerprint density at radius 1 is 1.00 bits per heavy atom. The number of ether oxygens (including phenoxy) is 1. The number of rotatable bonds is 2. The monoisotopic (exact) mass is 330 g/mol. The molecule has 0 aliphatic carbocycles. The van der Waals surface area contributed by atoms with Gasteiger partial charge < -0.3 is 4.74 Å². The fourth-order valence-corrected chi connectivity index (χ4v) is 1.86. The molecule has 0 aliphatic heterocycles. The molecule has 3 heteroatoms. The van der Waals surface area contributed by atoms with Crippen molar-refractivity contribution in [2.45, 2.75) is 0 Å². The minimum Gasteiger partial charge on any atom is -0.456 e. The lowest BCUT2D eigenvalue weighted by molar-refractivity contribution is 0.479. The van der Waals surface area contributed by atoms with Gasteiger partial charge in [-0.15, -0.1) is 0 Å². The molecule has 2 aromatic rings. The Morgan fingerprint density at radius 3 is 2.53 bits per heavy atom. The van der Waals surface area contributed by atoms with Crippen LogP contribution in [0.4, 0.5) is 0 Å². The third-order valence-corrected chi connectivity index (χ3v) is 2.99. The van der Waals surface area contributed by atoms with Gasteiger partial charge in [-0.3, -0.25) is 0 Å². The molecule has 0 spiro atoms. The number of hydrogen-bond donors (Lipinski definition) is 0. The number of para-hydroxylation sites is 1. The molecular formula is C12H8ClIO. The highest BCUT2D eigenvalue weighted by molar-refractivity contribution is 14.1. The Labute approximate surface area is 107 Å². The van der Waals surface area contributed by atoms with E-state index in [1.807, 2.05) is 42.5 Å². The first-order valence-corrected chi connectivity index (χ1v) is 5.89. The van der Waals surface area contributed by atoms with E-state index in [4.69, 9.17) is 16.3 Å². The van der Waals surface area contributed by atoms with Crippen molar-refractivity contribution in [1.82, 2.24) is 0 Å². The molecule has 0 saturated heterocycles. The molecule has 0 atom stereocenters. The first-order chi connectivity index (χ1) is 7.25. The van der Waals surface area contributed by atoms with E-state index in [0.29, 0.717) is 5.02 Å². The summed E-state index contributed by atoms with van der Waals surface area (Å²) in [5, 5.41) is 0.679. The molecule has 0 bridgehead atoms. The Balaban J connectivity index is 2.26. The lowest BCUT2D eigenvalue weighted by Crippen LogP contribution is -1.86. The summed E-state index contributed by atoms with van der Waals surface area (Å²) in [6.45, 7) is 0. The standard InChI is InChI=1S/C12H8ClIO/c13-9-4-3-5-10(8-9)15-12-7-2-1-6-11(12)14/h1-8H. The van der Waals surface area contributed by atoms with Gasteiger partial charge in [-0.25, -0.2) is 0 Å². The average molecular weight is 331 g/mol. The van der Waals surface area contributed by atoms with E-state index in [9.17, 15) is 0 Å². The van der Waals surface area contributed by atoms with Crippen molar-refractivity contribution in [1.29, 1.82) is 0 Å². The summed E-state index contributed by atoms with van der Waals surface area (Å²) in [4.78, 5) is 0. The second-order valence-electron chi connectivity index (χ2n) is 2.99. The zero-order valence-electron chi connectivity index (χ0n) is 7.78. The second-order valence-corrected chi connectivity index (χ2v) is 4.59. The third-order valence-electron chi connectivity index (χ3n) is 1.86. The van der Waals surface area contributed by atoms with Gasteiger partial charge in [0.2, 0.25) is 0 Å². The average Bonchev–Trinajstić information content (AvgIpc) is 2.22. The topological polar surface area (TPSA) is 9.23 Å². The molecule has 0 unspecified atom stereocenters. The molecular weight excluding hydrogens is 322 g/mol. The molecule has 0 amide bonds. The number of hydrogen-bond acceptors (Lipinski definition) is 1. The first kappa shape index (κ1) is 10.8. The van der Waals surface area contributed by atoms with Crippen LogP contribution in [0.5, 0.6) is 11.5 Å². The first-order valence-electron chi connectivity index (χ1n) is 4.43. The minimum atomic E-state index is 0.679. The maximum Gasteiger partial charge on any atom is 0.140 e. The summed E-state index contributed by atoms with van der Waals surface area (Å²) >= 11 is 8.11.